The van der Waals surface area contributed by atoms with Crippen LogP contribution in [-0.4, -0.2) is 51.4 Å². The van der Waals surface area contributed by atoms with E-state index in [1.165, 1.54) is 12.1 Å². The number of rotatable bonds is 7. The van der Waals surface area contributed by atoms with Crippen molar-refractivity contribution in [1.82, 2.24) is 4.98 Å². The summed E-state index contributed by atoms with van der Waals surface area (Å²) in [5.41, 5.74) is 0.861. The number of anilines is 2. The van der Waals surface area contributed by atoms with Crippen LogP contribution in [0.1, 0.15) is 21.6 Å². The molecule has 0 saturated carbocycles. The molecule has 1 fully saturated rings. The third kappa shape index (κ3) is 6.14. The summed E-state index contributed by atoms with van der Waals surface area (Å²) >= 11 is 0. The van der Waals surface area contributed by atoms with Gasteiger partial charge in [-0.3, -0.25) is 4.79 Å². The van der Waals surface area contributed by atoms with Crippen LogP contribution in [0.15, 0.2) is 60.7 Å². The summed E-state index contributed by atoms with van der Waals surface area (Å²) in [7, 11) is 3.11. The molecule has 0 unspecified atom stereocenters. The third-order valence-corrected chi connectivity index (χ3v) is 6.72. The van der Waals surface area contributed by atoms with Crippen LogP contribution in [0.3, 0.4) is 0 Å². The molecule has 1 aliphatic heterocycles. The molecule has 4 aromatic rings. The van der Waals surface area contributed by atoms with Crippen LogP contribution in [0, 0.1) is 6.92 Å². The van der Waals surface area contributed by atoms with Crippen LogP contribution in [-0.2, 0) is 10.9 Å². The average Bonchev–Trinajstić information content (AvgIpc) is 2.97. The normalized spacial score (nSPS) is 13.7. The highest BCUT2D eigenvalue weighted by atomic mass is 19.4. The van der Waals surface area contributed by atoms with Crippen molar-refractivity contribution in [3.63, 3.8) is 0 Å². The van der Waals surface area contributed by atoms with E-state index < -0.39 is 17.6 Å². The second kappa shape index (κ2) is 11.5. The van der Waals surface area contributed by atoms with Gasteiger partial charge in [-0.25, -0.2) is 4.98 Å². The fourth-order valence-corrected chi connectivity index (χ4v) is 4.60. The molecular weight excluding hydrogens is 539 g/mol. The topological polar surface area (TPSA) is 82.2 Å². The first-order chi connectivity index (χ1) is 19.7. The summed E-state index contributed by atoms with van der Waals surface area (Å²) < 4.78 is 63.6. The van der Waals surface area contributed by atoms with Gasteiger partial charge in [-0.2, -0.15) is 13.2 Å². The number of pyridine rings is 1. The van der Waals surface area contributed by atoms with Gasteiger partial charge in [0.1, 0.15) is 11.5 Å². The molecule has 1 amide bonds. The van der Waals surface area contributed by atoms with Crippen molar-refractivity contribution in [2.45, 2.75) is 13.1 Å². The molecule has 0 bridgehead atoms. The summed E-state index contributed by atoms with van der Waals surface area (Å²) in [6.07, 6.45) is -4.62. The van der Waals surface area contributed by atoms with Crippen LogP contribution in [0.5, 0.6) is 23.0 Å². The highest BCUT2D eigenvalue weighted by Gasteiger charge is 2.36. The average molecular weight is 568 g/mol. The van der Waals surface area contributed by atoms with Gasteiger partial charge in [-0.15, -0.1) is 0 Å². The first-order valence-corrected chi connectivity index (χ1v) is 12.8. The number of fused-ring (bicyclic) bond motifs is 1. The Balaban J connectivity index is 1.31. The van der Waals surface area contributed by atoms with Gasteiger partial charge in [0.2, 0.25) is 0 Å². The Labute approximate surface area is 234 Å². The van der Waals surface area contributed by atoms with Gasteiger partial charge in [0.25, 0.3) is 5.91 Å². The number of alkyl halides is 3. The van der Waals surface area contributed by atoms with Crippen molar-refractivity contribution in [2.75, 3.05) is 50.7 Å². The minimum atomic E-state index is -4.62. The molecule has 0 aliphatic carbocycles. The molecular formula is C30H28F3N3O5. The number of carbonyl (C=O) groups excluding carboxylic acids is 1. The van der Waals surface area contributed by atoms with Crippen LogP contribution in [0.25, 0.3) is 10.9 Å². The molecule has 0 radical (unpaired) electrons. The van der Waals surface area contributed by atoms with Crippen molar-refractivity contribution in [1.29, 1.82) is 0 Å². The number of hydrogen-bond acceptors (Lipinski definition) is 7. The molecule has 0 spiro atoms. The molecule has 2 heterocycles. The SMILES string of the molecule is COc1cc2cc(Oc3ccc(NC(=O)c4ccc(N5CCOCC5)c(C(F)(F)F)c4)cc3)c(C)nc2cc1OC. The number of methoxy groups -OCH3 is 2. The minimum absolute atomic E-state index is 0.0370. The van der Waals surface area contributed by atoms with Crippen molar-refractivity contribution in [2.24, 2.45) is 0 Å². The lowest BCUT2D eigenvalue weighted by molar-refractivity contribution is -0.137. The molecule has 1 aliphatic rings. The maximum Gasteiger partial charge on any atom is 0.418 e. The fourth-order valence-electron chi connectivity index (χ4n) is 4.60. The summed E-state index contributed by atoms with van der Waals surface area (Å²) in [6, 6.07) is 15.6. The number of aromatic nitrogens is 1. The van der Waals surface area contributed by atoms with E-state index in [9.17, 15) is 18.0 Å². The molecule has 1 saturated heterocycles. The van der Waals surface area contributed by atoms with Gasteiger partial charge in [0.05, 0.1) is 44.2 Å². The number of halogens is 3. The summed E-state index contributed by atoms with van der Waals surface area (Å²) in [6.45, 7) is 3.21. The molecule has 11 heteroatoms. The maximum absolute atomic E-state index is 13.9. The molecule has 214 valence electrons. The van der Waals surface area contributed by atoms with E-state index in [0.717, 1.165) is 17.0 Å². The Morgan fingerprint density at radius 2 is 1.59 bits per heavy atom. The van der Waals surface area contributed by atoms with Gasteiger partial charge in [-0.1, -0.05) is 0 Å². The number of aryl methyl sites for hydroxylation is 1. The van der Waals surface area contributed by atoms with Gasteiger partial charge >= 0.3 is 6.18 Å². The van der Waals surface area contributed by atoms with Crippen molar-refractivity contribution in [3.05, 3.63) is 77.5 Å². The van der Waals surface area contributed by atoms with E-state index in [1.54, 1.807) is 49.5 Å². The third-order valence-electron chi connectivity index (χ3n) is 6.72. The molecule has 5 rings (SSSR count). The molecule has 1 N–H and O–H groups in total. The zero-order chi connectivity index (χ0) is 29.1. The van der Waals surface area contributed by atoms with Gasteiger partial charge in [0.15, 0.2) is 11.5 Å². The highest BCUT2D eigenvalue weighted by Crippen LogP contribution is 2.38. The minimum Gasteiger partial charge on any atom is -0.493 e. The van der Waals surface area contributed by atoms with Gasteiger partial charge in [0, 0.05) is 41.5 Å². The molecule has 8 nitrogen and oxygen atoms in total. The number of amides is 1. The number of carbonyl (C=O) groups is 1. The van der Waals surface area contributed by atoms with Crippen molar-refractivity contribution < 1.29 is 36.9 Å². The standard InChI is InChI=1S/C30H28F3N3O5/c1-18-26(15-20-16-27(38-2)28(39-3)17-24(20)34-18)41-22-7-5-21(6-8-22)35-29(37)19-4-9-25(23(14-19)30(31,32)33)36-10-12-40-13-11-36/h4-9,14-17H,10-13H2,1-3H3,(H,35,37). The summed E-state index contributed by atoms with van der Waals surface area (Å²) in [5, 5.41) is 3.45. The lowest BCUT2D eigenvalue weighted by atomic mass is 10.1. The maximum atomic E-state index is 13.9. The second-order valence-electron chi connectivity index (χ2n) is 9.38. The second-order valence-corrected chi connectivity index (χ2v) is 9.38. The Morgan fingerprint density at radius 1 is 0.927 bits per heavy atom. The van der Waals surface area contributed by atoms with Gasteiger partial charge in [-0.05, 0) is 61.5 Å². The van der Waals surface area contributed by atoms with E-state index in [-0.39, 0.29) is 11.3 Å². The predicted molar refractivity (Wildman–Crippen MR) is 149 cm³/mol. The van der Waals surface area contributed by atoms with Gasteiger partial charge < -0.3 is 29.2 Å². The van der Waals surface area contributed by atoms with E-state index in [4.69, 9.17) is 18.9 Å². The monoisotopic (exact) mass is 567 g/mol. The largest absolute Gasteiger partial charge is 0.493 e. The molecule has 3 aromatic carbocycles. The molecule has 41 heavy (non-hydrogen) atoms. The van der Waals surface area contributed by atoms with Crippen LogP contribution in [0.4, 0.5) is 24.5 Å². The van der Waals surface area contributed by atoms with Crippen molar-refractivity contribution in [3.8, 4) is 23.0 Å². The van der Waals surface area contributed by atoms with E-state index >= 15 is 0 Å². The summed E-state index contributed by atoms with van der Waals surface area (Å²) in [4.78, 5) is 19.1. The number of ether oxygens (including phenoxy) is 4. The number of morpholine rings is 1. The lowest BCUT2D eigenvalue weighted by Crippen LogP contribution is -2.37. The van der Waals surface area contributed by atoms with Crippen molar-refractivity contribution >= 4 is 28.2 Å². The number of benzene rings is 3. The van der Waals surface area contributed by atoms with Crippen LogP contribution < -0.4 is 24.4 Å². The Bertz CT molecular complexity index is 1570. The van der Waals surface area contributed by atoms with Crippen LogP contribution in [0.2, 0.25) is 0 Å². The first-order valence-electron chi connectivity index (χ1n) is 12.8. The van der Waals surface area contributed by atoms with E-state index in [1.807, 2.05) is 19.1 Å². The Hall–Kier alpha value is -4.51. The highest BCUT2D eigenvalue weighted by molar-refractivity contribution is 6.04. The zero-order valence-electron chi connectivity index (χ0n) is 22.7. The molecule has 0 atom stereocenters. The smallest absolute Gasteiger partial charge is 0.418 e. The lowest BCUT2D eigenvalue weighted by Gasteiger charge is -2.31. The van der Waals surface area contributed by atoms with Crippen LogP contribution >= 0.6 is 0 Å². The quantitative estimate of drug-likeness (QED) is 0.275. The predicted octanol–water partition coefficient (Wildman–Crippen LogP) is 6.46. The zero-order valence-corrected chi connectivity index (χ0v) is 22.7. The number of nitrogens with one attached hydrogen (secondary N) is 1. The Morgan fingerprint density at radius 3 is 2.24 bits per heavy atom. The Kier molecular flexibility index (Phi) is 7.89. The first kappa shape index (κ1) is 28.0. The summed E-state index contributed by atoms with van der Waals surface area (Å²) in [5.74, 6) is 1.50. The van der Waals surface area contributed by atoms with E-state index in [2.05, 4.69) is 10.3 Å². The number of nitrogens with zero attached hydrogens (tertiary/aromatic N) is 2. The molecule has 1 aromatic heterocycles. The van der Waals surface area contributed by atoms with E-state index in [0.29, 0.717) is 60.7 Å². The fraction of sp³-hybridized carbons (Fsp3) is 0.267. The number of hydrogen-bond donors (Lipinski definition) is 1.